The molecule has 2 rings (SSSR count). The first-order valence-corrected chi connectivity index (χ1v) is 5.87. The zero-order valence-electron chi connectivity index (χ0n) is 10.1. The van der Waals surface area contributed by atoms with Gasteiger partial charge in [-0.25, -0.2) is 4.98 Å². The largest absolute Gasteiger partial charge is 0.384 e. The summed E-state index contributed by atoms with van der Waals surface area (Å²) in [5.74, 6) is 3.22. The van der Waals surface area contributed by atoms with Crippen molar-refractivity contribution in [3.63, 3.8) is 0 Å². The number of nitrogens with zero attached hydrogens (tertiary/aromatic N) is 2. The predicted molar refractivity (Wildman–Crippen MR) is 62.9 cm³/mol. The summed E-state index contributed by atoms with van der Waals surface area (Å²) in [5, 5.41) is 0. The molecule has 0 saturated carbocycles. The highest BCUT2D eigenvalue weighted by Gasteiger charge is 2.26. The highest BCUT2D eigenvalue weighted by molar-refractivity contribution is 5.41. The second-order valence-corrected chi connectivity index (χ2v) is 5.22. The maximum Gasteiger partial charge on any atom is 0.127 e. The van der Waals surface area contributed by atoms with Crippen LogP contribution < -0.4 is 5.73 Å². The van der Waals surface area contributed by atoms with E-state index in [1.54, 1.807) is 0 Å². The van der Waals surface area contributed by atoms with E-state index in [-0.39, 0.29) is 0 Å². The zero-order valence-corrected chi connectivity index (χ0v) is 10.1. The molecule has 3 heteroatoms. The van der Waals surface area contributed by atoms with Gasteiger partial charge in [0.2, 0.25) is 0 Å². The van der Waals surface area contributed by atoms with E-state index in [2.05, 4.69) is 37.2 Å². The summed E-state index contributed by atoms with van der Waals surface area (Å²) < 4.78 is 2.23. The van der Waals surface area contributed by atoms with Crippen LogP contribution in [0.5, 0.6) is 0 Å². The van der Waals surface area contributed by atoms with Gasteiger partial charge in [-0.1, -0.05) is 20.8 Å². The van der Waals surface area contributed by atoms with Gasteiger partial charge in [-0.2, -0.15) is 0 Å². The van der Waals surface area contributed by atoms with E-state index in [9.17, 15) is 0 Å². The lowest BCUT2D eigenvalue weighted by molar-refractivity contribution is 0.346. The molecule has 2 N–H and O–H groups in total. The molecule has 0 amide bonds. The molecule has 2 atom stereocenters. The monoisotopic (exact) mass is 207 g/mol. The summed E-state index contributed by atoms with van der Waals surface area (Å²) in [4.78, 5) is 4.69. The van der Waals surface area contributed by atoms with Crippen molar-refractivity contribution in [2.24, 2.45) is 5.92 Å². The van der Waals surface area contributed by atoms with Crippen LogP contribution in [0.1, 0.15) is 57.6 Å². The van der Waals surface area contributed by atoms with Crippen LogP contribution in [0.15, 0.2) is 0 Å². The van der Waals surface area contributed by atoms with Crippen molar-refractivity contribution in [3.05, 3.63) is 11.5 Å². The van der Waals surface area contributed by atoms with Crippen molar-refractivity contribution in [1.82, 2.24) is 9.55 Å². The Morgan fingerprint density at radius 2 is 2.07 bits per heavy atom. The molecule has 0 spiro atoms. The fraction of sp³-hybridized carbons (Fsp3) is 0.750. The Morgan fingerprint density at radius 3 is 2.67 bits per heavy atom. The Balaban J connectivity index is 2.47. The van der Waals surface area contributed by atoms with Crippen LogP contribution in [0.4, 0.5) is 5.82 Å². The smallest absolute Gasteiger partial charge is 0.127 e. The van der Waals surface area contributed by atoms with Gasteiger partial charge in [0, 0.05) is 12.5 Å². The van der Waals surface area contributed by atoms with Gasteiger partial charge >= 0.3 is 0 Å². The van der Waals surface area contributed by atoms with Gasteiger partial charge in [-0.05, 0) is 25.2 Å². The Kier molecular flexibility index (Phi) is 2.49. The lowest BCUT2D eigenvalue weighted by Crippen LogP contribution is -2.22. The minimum Gasteiger partial charge on any atom is -0.384 e. The Hall–Kier alpha value is -0.990. The minimum absolute atomic E-state index is 0.422. The molecule has 1 aliphatic heterocycles. The molecule has 0 bridgehead atoms. The maximum atomic E-state index is 6.16. The van der Waals surface area contributed by atoms with Gasteiger partial charge in [-0.3, -0.25) is 0 Å². The molecule has 1 aromatic rings. The van der Waals surface area contributed by atoms with E-state index in [1.165, 1.54) is 12.2 Å². The first-order valence-electron chi connectivity index (χ1n) is 5.87. The molecule has 0 saturated heterocycles. The van der Waals surface area contributed by atoms with Crippen molar-refractivity contribution in [2.45, 2.75) is 52.5 Å². The molecular weight excluding hydrogens is 186 g/mol. The predicted octanol–water partition coefficient (Wildman–Crippen LogP) is 2.73. The van der Waals surface area contributed by atoms with Crippen LogP contribution >= 0.6 is 0 Å². The summed E-state index contributed by atoms with van der Waals surface area (Å²) in [6.07, 6.45) is 2.28. The van der Waals surface area contributed by atoms with Crippen LogP contribution in [-0.4, -0.2) is 9.55 Å². The average molecular weight is 207 g/mol. The minimum atomic E-state index is 0.422. The fourth-order valence-corrected chi connectivity index (χ4v) is 2.66. The standard InChI is InChI=1S/C12H21N3/c1-7(2)11-12(13)15-9(4)5-8(3)6-10(15)14-11/h7-9H,5-6,13H2,1-4H3. The highest BCUT2D eigenvalue weighted by Crippen LogP contribution is 2.34. The lowest BCUT2D eigenvalue weighted by atomic mass is 9.95. The molecule has 0 aliphatic carbocycles. The van der Waals surface area contributed by atoms with E-state index in [0.717, 1.165) is 23.9 Å². The van der Waals surface area contributed by atoms with Crippen molar-refractivity contribution in [1.29, 1.82) is 0 Å². The molecule has 15 heavy (non-hydrogen) atoms. The average Bonchev–Trinajstić information content (AvgIpc) is 2.42. The summed E-state index contributed by atoms with van der Waals surface area (Å²) in [6, 6.07) is 0.503. The molecular formula is C12H21N3. The topological polar surface area (TPSA) is 43.8 Å². The first kappa shape index (κ1) is 10.5. The number of hydrogen-bond donors (Lipinski definition) is 1. The molecule has 2 unspecified atom stereocenters. The SMILES string of the molecule is CC1Cc2nc(C(C)C)c(N)n2C(C)C1. The number of imidazole rings is 1. The number of aromatic nitrogens is 2. The highest BCUT2D eigenvalue weighted by atomic mass is 15.2. The maximum absolute atomic E-state index is 6.16. The van der Waals surface area contributed by atoms with Crippen molar-refractivity contribution < 1.29 is 0 Å². The quantitative estimate of drug-likeness (QED) is 0.769. The van der Waals surface area contributed by atoms with Gasteiger partial charge in [0.1, 0.15) is 11.6 Å². The Bertz CT molecular complexity index is 365. The van der Waals surface area contributed by atoms with Crippen LogP contribution in [-0.2, 0) is 6.42 Å². The van der Waals surface area contributed by atoms with E-state index in [0.29, 0.717) is 12.0 Å². The van der Waals surface area contributed by atoms with Crippen LogP contribution in [0, 0.1) is 5.92 Å². The molecule has 0 radical (unpaired) electrons. The molecule has 84 valence electrons. The van der Waals surface area contributed by atoms with E-state index >= 15 is 0 Å². The first-order chi connectivity index (χ1) is 7.00. The number of hydrogen-bond acceptors (Lipinski definition) is 2. The number of fused-ring (bicyclic) bond motifs is 1. The van der Waals surface area contributed by atoms with Gasteiger partial charge in [0.05, 0.1) is 5.69 Å². The summed E-state index contributed by atoms with van der Waals surface area (Å²) in [5.41, 5.74) is 7.24. The number of rotatable bonds is 1. The summed E-state index contributed by atoms with van der Waals surface area (Å²) in [6.45, 7) is 8.83. The third kappa shape index (κ3) is 1.64. The third-order valence-electron chi connectivity index (χ3n) is 3.31. The Labute approximate surface area is 91.7 Å². The third-order valence-corrected chi connectivity index (χ3v) is 3.31. The van der Waals surface area contributed by atoms with E-state index in [4.69, 9.17) is 5.73 Å². The van der Waals surface area contributed by atoms with Gasteiger partial charge in [0.15, 0.2) is 0 Å². The normalized spacial score (nSPS) is 25.7. The van der Waals surface area contributed by atoms with Gasteiger partial charge < -0.3 is 10.3 Å². The second-order valence-electron chi connectivity index (χ2n) is 5.22. The lowest BCUT2D eigenvalue weighted by Gasteiger charge is -2.27. The second kappa shape index (κ2) is 3.54. The van der Waals surface area contributed by atoms with Crippen molar-refractivity contribution in [3.8, 4) is 0 Å². The van der Waals surface area contributed by atoms with Crippen molar-refractivity contribution >= 4 is 5.82 Å². The van der Waals surface area contributed by atoms with Crippen LogP contribution in [0.3, 0.4) is 0 Å². The number of anilines is 1. The van der Waals surface area contributed by atoms with Gasteiger partial charge in [0.25, 0.3) is 0 Å². The summed E-state index contributed by atoms with van der Waals surface area (Å²) >= 11 is 0. The molecule has 0 fully saturated rings. The Morgan fingerprint density at radius 1 is 1.40 bits per heavy atom. The zero-order chi connectivity index (χ0) is 11.2. The van der Waals surface area contributed by atoms with E-state index in [1.807, 2.05) is 0 Å². The molecule has 1 aliphatic rings. The van der Waals surface area contributed by atoms with E-state index < -0.39 is 0 Å². The van der Waals surface area contributed by atoms with Crippen molar-refractivity contribution in [2.75, 3.05) is 5.73 Å². The van der Waals surface area contributed by atoms with Gasteiger partial charge in [-0.15, -0.1) is 0 Å². The summed E-state index contributed by atoms with van der Waals surface area (Å²) in [7, 11) is 0. The number of nitrogen functional groups attached to an aromatic ring is 1. The molecule has 1 aromatic heterocycles. The molecule has 0 aromatic carbocycles. The van der Waals surface area contributed by atoms with Crippen LogP contribution in [0.25, 0.3) is 0 Å². The van der Waals surface area contributed by atoms with Crippen LogP contribution in [0.2, 0.25) is 0 Å². The fourth-order valence-electron chi connectivity index (χ4n) is 2.66. The molecule has 3 nitrogen and oxygen atoms in total. The number of nitrogens with two attached hydrogens (primary N) is 1. The molecule has 2 heterocycles.